The van der Waals surface area contributed by atoms with Crippen LogP contribution in [0.15, 0.2) is 12.5 Å². The highest BCUT2D eigenvalue weighted by Gasteiger charge is 2.27. The summed E-state index contributed by atoms with van der Waals surface area (Å²) in [7, 11) is 0. The molecule has 2 atom stereocenters. The maximum atomic E-state index is 12.9. The van der Waals surface area contributed by atoms with Crippen molar-refractivity contribution in [3.63, 3.8) is 0 Å². The Morgan fingerprint density at radius 3 is 2.10 bits per heavy atom. The largest absolute Gasteiger partial charge is 0.480 e. The van der Waals surface area contributed by atoms with Gasteiger partial charge in [-0.3, -0.25) is 19.8 Å². The SMILES string of the molecule is CCCCCCCCCCCCCC(=O)NCC(=O)N[C@@H](Cc1c[nH]cn1)C(=O)N[C@@H](CCCNC(=N)N)C(=O)O. The van der Waals surface area contributed by atoms with Crippen LogP contribution >= 0.6 is 0 Å². The first-order valence-corrected chi connectivity index (χ1v) is 14.9. The first-order valence-electron chi connectivity index (χ1n) is 14.9. The molecule has 232 valence electrons. The zero-order chi connectivity index (χ0) is 30.3. The number of hydrogen-bond donors (Lipinski definition) is 8. The number of aromatic nitrogens is 2. The molecule has 0 aliphatic rings. The third kappa shape index (κ3) is 18.4. The molecule has 0 aliphatic carbocycles. The van der Waals surface area contributed by atoms with E-state index in [0.717, 1.165) is 19.3 Å². The van der Waals surface area contributed by atoms with Gasteiger partial charge in [0.2, 0.25) is 17.7 Å². The molecule has 3 amide bonds. The van der Waals surface area contributed by atoms with Crippen LogP contribution in [0.1, 0.15) is 103 Å². The average Bonchev–Trinajstić information content (AvgIpc) is 3.44. The smallest absolute Gasteiger partial charge is 0.326 e. The number of aromatic amines is 1. The molecular formula is C28H50N8O5. The summed E-state index contributed by atoms with van der Waals surface area (Å²) in [6.07, 6.45) is 16.8. The van der Waals surface area contributed by atoms with E-state index < -0.39 is 29.9 Å². The van der Waals surface area contributed by atoms with E-state index in [2.05, 4.69) is 38.2 Å². The van der Waals surface area contributed by atoms with E-state index in [1.807, 2.05) is 0 Å². The number of guanidine groups is 1. The summed E-state index contributed by atoms with van der Waals surface area (Å²) in [4.78, 5) is 56.2. The molecule has 1 heterocycles. The first kappa shape index (κ1) is 35.4. The van der Waals surface area contributed by atoms with Gasteiger partial charge in [-0.05, 0) is 19.3 Å². The number of carbonyl (C=O) groups is 4. The van der Waals surface area contributed by atoms with Crippen molar-refractivity contribution < 1.29 is 24.3 Å². The molecule has 1 aromatic heterocycles. The summed E-state index contributed by atoms with van der Waals surface area (Å²) in [5.74, 6) is -2.92. The van der Waals surface area contributed by atoms with Crippen molar-refractivity contribution in [2.75, 3.05) is 13.1 Å². The van der Waals surface area contributed by atoms with Crippen molar-refractivity contribution in [1.82, 2.24) is 31.2 Å². The minimum Gasteiger partial charge on any atom is -0.480 e. The fourth-order valence-corrected chi connectivity index (χ4v) is 4.34. The Hall–Kier alpha value is -3.64. The van der Waals surface area contributed by atoms with Gasteiger partial charge >= 0.3 is 5.97 Å². The summed E-state index contributed by atoms with van der Waals surface area (Å²) in [6, 6.07) is -2.29. The fourth-order valence-electron chi connectivity index (χ4n) is 4.34. The Morgan fingerprint density at radius 1 is 0.902 bits per heavy atom. The zero-order valence-electron chi connectivity index (χ0n) is 24.4. The molecule has 13 heteroatoms. The van der Waals surface area contributed by atoms with Gasteiger partial charge in [0.05, 0.1) is 18.6 Å². The fraction of sp³-hybridized carbons (Fsp3) is 0.714. The maximum absolute atomic E-state index is 12.9. The van der Waals surface area contributed by atoms with Gasteiger partial charge < -0.3 is 37.1 Å². The number of carboxylic acids is 1. The summed E-state index contributed by atoms with van der Waals surface area (Å²) < 4.78 is 0. The minimum absolute atomic E-state index is 0.0337. The van der Waals surface area contributed by atoms with E-state index in [-0.39, 0.29) is 37.8 Å². The Labute approximate surface area is 243 Å². The number of H-pyrrole nitrogens is 1. The molecule has 0 fully saturated rings. The highest BCUT2D eigenvalue weighted by atomic mass is 16.4. The number of hydrogen-bond acceptors (Lipinski definition) is 6. The second-order valence-corrected chi connectivity index (χ2v) is 10.3. The van der Waals surface area contributed by atoms with Gasteiger partial charge in [0, 0.05) is 25.6 Å². The monoisotopic (exact) mass is 578 g/mol. The summed E-state index contributed by atoms with van der Waals surface area (Å²) >= 11 is 0. The second kappa shape index (κ2) is 22.1. The van der Waals surface area contributed by atoms with Gasteiger partial charge in [-0.25, -0.2) is 9.78 Å². The van der Waals surface area contributed by atoms with Crippen molar-refractivity contribution in [3.8, 4) is 0 Å². The van der Waals surface area contributed by atoms with Crippen LogP contribution in [0.3, 0.4) is 0 Å². The molecule has 41 heavy (non-hydrogen) atoms. The van der Waals surface area contributed by atoms with Crippen LogP contribution < -0.4 is 27.0 Å². The van der Waals surface area contributed by atoms with Crippen LogP contribution in [0.5, 0.6) is 0 Å². The second-order valence-electron chi connectivity index (χ2n) is 10.3. The lowest BCUT2D eigenvalue weighted by Gasteiger charge is -2.21. The molecule has 0 aliphatic heterocycles. The number of rotatable bonds is 24. The predicted octanol–water partition coefficient (Wildman–Crippen LogP) is 2.09. The molecule has 13 nitrogen and oxygen atoms in total. The van der Waals surface area contributed by atoms with Crippen LogP contribution in [-0.4, -0.2) is 69.9 Å². The Balaban J connectivity index is 2.41. The molecule has 1 rings (SSSR count). The molecule has 0 aromatic carbocycles. The maximum Gasteiger partial charge on any atom is 0.326 e. The quantitative estimate of drug-likeness (QED) is 0.0515. The van der Waals surface area contributed by atoms with Crippen LogP contribution in [0.4, 0.5) is 0 Å². The van der Waals surface area contributed by atoms with E-state index in [4.69, 9.17) is 11.1 Å². The molecule has 0 unspecified atom stereocenters. The molecular weight excluding hydrogens is 528 g/mol. The Morgan fingerprint density at radius 2 is 1.54 bits per heavy atom. The Bertz CT molecular complexity index is 909. The predicted molar refractivity (Wildman–Crippen MR) is 157 cm³/mol. The highest BCUT2D eigenvalue weighted by molar-refractivity contribution is 5.92. The van der Waals surface area contributed by atoms with Gasteiger partial charge in [0.25, 0.3) is 0 Å². The van der Waals surface area contributed by atoms with Gasteiger partial charge in [0.15, 0.2) is 5.96 Å². The number of nitrogens with one attached hydrogen (secondary N) is 6. The molecule has 0 bridgehead atoms. The number of imidazole rings is 1. The number of aliphatic carboxylic acids is 1. The zero-order valence-corrected chi connectivity index (χ0v) is 24.4. The summed E-state index contributed by atoms with van der Waals surface area (Å²) in [5, 5.41) is 26.9. The average molecular weight is 579 g/mol. The van der Waals surface area contributed by atoms with Crippen molar-refractivity contribution in [1.29, 1.82) is 5.41 Å². The molecule has 0 spiro atoms. The van der Waals surface area contributed by atoms with Crippen molar-refractivity contribution in [2.24, 2.45) is 5.73 Å². The van der Waals surface area contributed by atoms with Gasteiger partial charge in [-0.2, -0.15) is 0 Å². The van der Waals surface area contributed by atoms with E-state index in [1.165, 1.54) is 57.7 Å². The standard InChI is InChI=1S/C28H50N8O5/c1-2-3-4-5-6-7-8-9-10-11-12-15-24(37)33-19-25(38)35-23(17-21-18-31-20-34-21)26(39)36-22(27(40)41)14-13-16-32-28(29)30/h18,20,22-23H,2-17,19H2,1H3,(H,31,34)(H,33,37)(H,35,38)(H,36,39)(H,40,41)(H4,29,30,32)/t22-,23-/m0/s1. The van der Waals surface area contributed by atoms with Crippen molar-refractivity contribution in [3.05, 3.63) is 18.2 Å². The topological polar surface area (TPSA) is 215 Å². The number of carboxylic acid groups (broad SMARTS) is 1. The third-order valence-electron chi connectivity index (χ3n) is 6.67. The minimum atomic E-state index is -1.22. The van der Waals surface area contributed by atoms with Gasteiger partial charge in [-0.15, -0.1) is 0 Å². The van der Waals surface area contributed by atoms with E-state index in [1.54, 1.807) is 6.20 Å². The van der Waals surface area contributed by atoms with E-state index in [0.29, 0.717) is 18.5 Å². The number of unbranched alkanes of at least 4 members (excludes halogenated alkanes) is 10. The highest BCUT2D eigenvalue weighted by Crippen LogP contribution is 2.12. The molecule has 0 radical (unpaired) electrons. The normalized spacial score (nSPS) is 12.2. The van der Waals surface area contributed by atoms with Crippen LogP contribution in [-0.2, 0) is 25.6 Å². The van der Waals surface area contributed by atoms with Crippen molar-refractivity contribution >= 4 is 29.7 Å². The van der Waals surface area contributed by atoms with Crippen LogP contribution in [0.25, 0.3) is 0 Å². The van der Waals surface area contributed by atoms with Crippen LogP contribution in [0, 0.1) is 5.41 Å². The first-order chi connectivity index (χ1) is 19.7. The number of amides is 3. The lowest BCUT2D eigenvalue weighted by atomic mass is 10.1. The van der Waals surface area contributed by atoms with Crippen molar-refractivity contribution in [2.45, 2.75) is 115 Å². The lowest BCUT2D eigenvalue weighted by molar-refractivity contribution is -0.142. The molecule has 0 saturated carbocycles. The van der Waals surface area contributed by atoms with Crippen LogP contribution in [0.2, 0.25) is 0 Å². The number of nitrogens with zero attached hydrogens (tertiary/aromatic N) is 1. The molecule has 1 aromatic rings. The summed E-state index contributed by atoms with van der Waals surface area (Å²) in [5.41, 5.74) is 5.72. The van der Waals surface area contributed by atoms with Gasteiger partial charge in [0.1, 0.15) is 12.1 Å². The Kier molecular flexibility index (Phi) is 19.1. The summed E-state index contributed by atoms with van der Waals surface area (Å²) in [6.45, 7) is 2.21. The van der Waals surface area contributed by atoms with E-state index in [9.17, 15) is 24.3 Å². The molecule has 9 N–H and O–H groups in total. The van der Waals surface area contributed by atoms with Gasteiger partial charge in [-0.1, -0.05) is 71.1 Å². The third-order valence-corrected chi connectivity index (χ3v) is 6.67. The lowest BCUT2D eigenvalue weighted by Crippen LogP contribution is -2.54. The van der Waals surface area contributed by atoms with E-state index >= 15 is 0 Å². The molecule has 0 saturated heterocycles. The number of carbonyl (C=O) groups excluding carboxylic acids is 3. The number of nitrogens with two attached hydrogens (primary N) is 1.